The van der Waals surface area contributed by atoms with E-state index in [0.29, 0.717) is 6.42 Å². The molecular weight excluding hydrogens is 114 g/mol. The number of rotatable bonds is 3. The Balaban J connectivity index is 1.97. The predicted molar refractivity (Wildman–Crippen MR) is 35.8 cm³/mol. The molecule has 1 rings (SSSR count). The van der Waals surface area contributed by atoms with Crippen LogP contribution in [0.3, 0.4) is 0 Å². The fourth-order valence-electron chi connectivity index (χ4n) is 1.13. The monoisotopic (exact) mass is 127 g/mol. The molecule has 9 heavy (non-hydrogen) atoms. The van der Waals surface area contributed by atoms with Crippen LogP contribution in [0.4, 0.5) is 0 Å². The predicted octanol–water partition coefficient (Wildman–Crippen LogP) is 1.05. The fraction of sp³-hybridized carbons (Fsp3) is 0.857. The summed E-state index contributed by atoms with van der Waals surface area (Å²) >= 11 is 0. The van der Waals surface area contributed by atoms with Crippen molar-refractivity contribution in [1.82, 2.24) is 0 Å². The highest BCUT2D eigenvalue weighted by molar-refractivity contribution is 5.73. The van der Waals surface area contributed by atoms with Crippen molar-refractivity contribution in [3.8, 4) is 0 Å². The lowest BCUT2D eigenvalue weighted by Gasteiger charge is -2.24. The Morgan fingerprint density at radius 1 is 1.56 bits per heavy atom. The average Bonchev–Trinajstić information content (AvgIpc) is 1.60. The van der Waals surface area contributed by atoms with Crippen LogP contribution in [0, 0.1) is 5.92 Å². The number of primary amides is 1. The Labute approximate surface area is 55.4 Å². The van der Waals surface area contributed by atoms with Crippen LogP contribution in [-0.2, 0) is 4.79 Å². The minimum Gasteiger partial charge on any atom is -0.370 e. The first kappa shape index (κ1) is 6.59. The molecule has 52 valence electrons. The average molecular weight is 127 g/mol. The van der Waals surface area contributed by atoms with Crippen molar-refractivity contribution >= 4 is 5.91 Å². The quantitative estimate of drug-likeness (QED) is 0.605. The van der Waals surface area contributed by atoms with Crippen molar-refractivity contribution in [2.24, 2.45) is 11.7 Å². The van der Waals surface area contributed by atoms with Crippen molar-refractivity contribution in [1.29, 1.82) is 0 Å². The van der Waals surface area contributed by atoms with Gasteiger partial charge in [-0.05, 0) is 12.3 Å². The molecule has 2 N–H and O–H groups in total. The number of nitrogens with two attached hydrogens (primary N) is 1. The second kappa shape index (κ2) is 2.85. The van der Waals surface area contributed by atoms with Crippen LogP contribution in [0.1, 0.15) is 32.1 Å². The van der Waals surface area contributed by atoms with E-state index in [4.69, 9.17) is 5.73 Å². The smallest absolute Gasteiger partial charge is 0.217 e. The van der Waals surface area contributed by atoms with Gasteiger partial charge in [0.15, 0.2) is 0 Å². The summed E-state index contributed by atoms with van der Waals surface area (Å²) in [4.78, 5) is 10.3. The molecule has 2 heteroatoms. The lowest BCUT2D eigenvalue weighted by Crippen LogP contribution is -2.16. The zero-order valence-corrected chi connectivity index (χ0v) is 5.60. The highest BCUT2D eigenvalue weighted by atomic mass is 16.1. The highest BCUT2D eigenvalue weighted by Gasteiger charge is 2.17. The molecule has 0 aromatic rings. The summed E-state index contributed by atoms with van der Waals surface area (Å²) in [5, 5.41) is 0. The second-order valence-electron chi connectivity index (χ2n) is 2.80. The summed E-state index contributed by atoms with van der Waals surface area (Å²) in [6.07, 6.45) is 5.59. The zero-order chi connectivity index (χ0) is 6.69. The molecule has 0 aromatic heterocycles. The third-order valence-corrected chi connectivity index (χ3v) is 2.02. The molecule has 0 unspecified atom stereocenters. The minimum atomic E-state index is -0.151. The zero-order valence-electron chi connectivity index (χ0n) is 5.60. The first-order valence-corrected chi connectivity index (χ1v) is 3.57. The molecular formula is C7H13NO. The molecule has 0 radical (unpaired) electrons. The lowest BCUT2D eigenvalue weighted by atomic mass is 9.82. The number of hydrogen-bond acceptors (Lipinski definition) is 1. The van der Waals surface area contributed by atoms with E-state index in [1.165, 1.54) is 19.3 Å². The minimum absolute atomic E-state index is 0.151. The molecule has 1 aliphatic rings. The van der Waals surface area contributed by atoms with E-state index in [1.54, 1.807) is 0 Å². The van der Waals surface area contributed by atoms with Gasteiger partial charge >= 0.3 is 0 Å². The fourth-order valence-corrected chi connectivity index (χ4v) is 1.13. The van der Waals surface area contributed by atoms with E-state index < -0.39 is 0 Å². The molecule has 0 saturated heterocycles. The van der Waals surface area contributed by atoms with Crippen LogP contribution in [0.25, 0.3) is 0 Å². The molecule has 1 fully saturated rings. The van der Waals surface area contributed by atoms with Gasteiger partial charge in [0.05, 0.1) is 0 Å². The highest BCUT2D eigenvalue weighted by Crippen LogP contribution is 2.29. The molecule has 1 amide bonds. The van der Waals surface area contributed by atoms with Crippen molar-refractivity contribution in [3.63, 3.8) is 0 Å². The summed E-state index contributed by atoms with van der Waals surface area (Å²) in [5.41, 5.74) is 4.98. The van der Waals surface area contributed by atoms with Crippen molar-refractivity contribution in [2.75, 3.05) is 0 Å². The Morgan fingerprint density at radius 3 is 2.56 bits per heavy atom. The molecule has 0 bridgehead atoms. The second-order valence-corrected chi connectivity index (χ2v) is 2.80. The lowest BCUT2D eigenvalue weighted by molar-refractivity contribution is -0.118. The third kappa shape index (κ3) is 2.04. The summed E-state index contributed by atoms with van der Waals surface area (Å²) in [7, 11) is 0. The van der Waals surface area contributed by atoms with Crippen LogP contribution in [0.15, 0.2) is 0 Å². The SMILES string of the molecule is NC(=O)CCC1CCC1. The van der Waals surface area contributed by atoms with Crippen LogP contribution in [0.5, 0.6) is 0 Å². The maximum atomic E-state index is 10.3. The summed E-state index contributed by atoms with van der Waals surface area (Å²) in [6, 6.07) is 0. The van der Waals surface area contributed by atoms with Crippen molar-refractivity contribution in [2.45, 2.75) is 32.1 Å². The molecule has 0 aromatic carbocycles. The van der Waals surface area contributed by atoms with Crippen LogP contribution < -0.4 is 5.73 Å². The Morgan fingerprint density at radius 2 is 2.22 bits per heavy atom. The Hall–Kier alpha value is -0.530. The summed E-state index contributed by atoms with van der Waals surface area (Å²) in [5.74, 6) is 0.666. The van der Waals surface area contributed by atoms with Gasteiger partial charge in [0, 0.05) is 6.42 Å². The van der Waals surface area contributed by atoms with Crippen LogP contribution in [0.2, 0.25) is 0 Å². The van der Waals surface area contributed by atoms with Gasteiger partial charge in [0.1, 0.15) is 0 Å². The Bertz CT molecular complexity index is 107. The molecule has 0 aliphatic heterocycles. The van der Waals surface area contributed by atoms with E-state index in [9.17, 15) is 4.79 Å². The van der Waals surface area contributed by atoms with Gasteiger partial charge in [0.25, 0.3) is 0 Å². The van der Waals surface area contributed by atoms with E-state index in [-0.39, 0.29) is 5.91 Å². The van der Waals surface area contributed by atoms with Gasteiger partial charge in [0.2, 0.25) is 5.91 Å². The number of amides is 1. The summed E-state index contributed by atoms with van der Waals surface area (Å²) in [6.45, 7) is 0. The molecule has 1 saturated carbocycles. The van der Waals surface area contributed by atoms with E-state index in [1.807, 2.05) is 0 Å². The molecule has 0 spiro atoms. The molecule has 1 aliphatic carbocycles. The first-order valence-electron chi connectivity index (χ1n) is 3.57. The van der Waals surface area contributed by atoms with E-state index in [0.717, 1.165) is 12.3 Å². The molecule has 0 atom stereocenters. The normalized spacial score (nSPS) is 19.1. The number of carbonyl (C=O) groups excluding carboxylic acids is 1. The van der Waals surface area contributed by atoms with Crippen molar-refractivity contribution in [3.05, 3.63) is 0 Å². The third-order valence-electron chi connectivity index (χ3n) is 2.02. The van der Waals surface area contributed by atoms with Crippen molar-refractivity contribution < 1.29 is 4.79 Å². The van der Waals surface area contributed by atoms with Crippen LogP contribution in [-0.4, -0.2) is 5.91 Å². The standard InChI is InChI=1S/C7H13NO/c8-7(9)5-4-6-2-1-3-6/h6H,1-5H2,(H2,8,9). The first-order chi connectivity index (χ1) is 4.29. The number of hydrogen-bond donors (Lipinski definition) is 1. The maximum absolute atomic E-state index is 10.3. The van der Waals surface area contributed by atoms with Gasteiger partial charge in [-0.25, -0.2) is 0 Å². The molecule has 2 nitrogen and oxygen atoms in total. The van der Waals surface area contributed by atoms with Gasteiger partial charge in [-0.2, -0.15) is 0 Å². The van der Waals surface area contributed by atoms with Gasteiger partial charge < -0.3 is 5.73 Å². The largest absolute Gasteiger partial charge is 0.370 e. The topological polar surface area (TPSA) is 43.1 Å². The number of carbonyl (C=O) groups is 1. The van der Waals surface area contributed by atoms with Gasteiger partial charge in [-0.15, -0.1) is 0 Å². The van der Waals surface area contributed by atoms with E-state index >= 15 is 0 Å². The Kier molecular flexibility index (Phi) is 2.09. The molecule has 0 heterocycles. The van der Waals surface area contributed by atoms with Crippen LogP contribution >= 0.6 is 0 Å². The van der Waals surface area contributed by atoms with E-state index in [2.05, 4.69) is 0 Å². The maximum Gasteiger partial charge on any atom is 0.217 e. The van der Waals surface area contributed by atoms with Gasteiger partial charge in [-0.3, -0.25) is 4.79 Å². The summed E-state index contributed by atoms with van der Waals surface area (Å²) < 4.78 is 0. The van der Waals surface area contributed by atoms with Gasteiger partial charge in [-0.1, -0.05) is 19.3 Å².